The number of hydrogen-bond acceptors (Lipinski definition) is 4. The van der Waals surface area contributed by atoms with Crippen molar-refractivity contribution in [3.8, 4) is 0 Å². The van der Waals surface area contributed by atoms with Crippen LogP contribution in [-0.2, 0) is 9.53 Å². The maximum Gasteiger partial charge on any atom is 0.329 e. The minimum absolute atomic E-state index is 0.0507. The third kappa shape index (κ3) is 9.44. The summed E-state index contributed by atoms with van der Waals surface area (Å²) >= 11 is 0. The van der Waals surface area contributed by atoms with Gasteiger partial charge >= 0.3 is 5.97 Å². The molecule has 0 heterocycles. The zero-order valence-electron chi connectivity index (χ0n) is 8.61. The smallest absolute Gasteiger partial charge is 0.329 e. The zero-order valence-corrected chi connectivity index (χ0v) is 8.61. The van der Waals surface area contributed by atoms with Crippen LogP contribution in [0, 0.1) is 0 Å². The Labute approximate surface area is 84.4 Å². The summed E-state index contributed by atoms with van der Waals surface area (Å²) in [5.74, 6) is -0.950. The Bertz CT molecular complexity index is 162. The summed E-state index contributed by atoms with van der Waals surface area (Å²) in [7, 11) is 0. The minimum atomic E-state index is -0.950. The van der Waals surface area contributed by atoms with E-state index in [1.807, 2.05) is 6.92 Å². The molecule has 0 bridgehead atoms. The predicted octanol–water partition coefficient (Wildman–Crippen LogP) is -0.0676. The lowest BCUT2D eigenvalue weighted by Crippen LogP contribution is -2.26. The predicted molar refractivity (Wildman–Crippen MR) is 53.9 cm³/mol. The second-order valence-corrected chi connectivity index (χ2v) is 3.55. The van der Waals surface area contributed by atoms with E-state index < -0.39 is 5.97 Å². The van der Waals surface area contributed by atoms with Crippen molar-refractivity contribution in [1.82, 2.24) is 0 Å². The van der Waals surface area contributed by atoms with Crippen molar-refractivity contribution in [2.45, 2.75) is 38.3 Å². The molecular weight excluding hydrogens is 184 g/mol. The van der Waals surface area contributed by atoms with Gasteiger partial charge in [-0.15, -0.1) is 0 Å². The molecule has 0 amide bonds. The summed E-state index contributed by atoms with van der Waals surface area (Å²) in [5, 5.41) is 8.28. The first-order valence-electron chi connectivity index (χ1n) is 4.83. The standard InChI is InChI=1S/C9H20N2O3/c1-7(10)2-3-8(11)4-5-14-6-9(12)13/h7-8H,2-6,10-11H2,1H3,(H,12,13). The third-order valence-electron chi connectivity index (χ3n) is 1.85. The second-order valence-electron chi connectivity index (χ2n) is 3.55. The van der Waals surface area contributed by atoms with Crippen LogP contribution in [0.2, 0.25) is 0 Å². The van der Waals surface area contributed by atoms with Gasteiger partial charge in [-0.25, -0.2) is 4.79 Å². The highest BCUT2D eigenvalue weighted by Gasteiger charge is 2.04. The van der Waals surface area contributed by atoms with Gasteiger partial charge in [0.1, 0.15) is 6.61 Å². The number of aliphatic carboxylic acids is 1. The molecule has 0 aromatic carbocycles. The Morgan fingerprint density at radius 3 is 2.50 bits per heavy atom. The van der Waals surface area contributed by atoms with Gasteiger partial charge in [0.25, 0.3) is 0 Å². The fraction of sp³-hybridized carbons (Fsp3) is 0.889. The first-order valence-corrected chi connectivity index (χ1v) is 4.83. The maximum atomic E-state index is 10.1. The molecule has 0 aliphatic carbocycles. The molecule has 0 saturated heterocycles. The van der Waals surface area contributed by atoms with Crippen LogP contribution < -0.4 is 11.5 Å². The topological polar surface area (TPSA) is 98.6 Å². The van der Waals surface area contributed by atoms with E-state index in [0.29, 0.717) is 13.0 Å². The molecule has 14 heavy (non-hydrogen) atoms. The van der Waals surface area contributed by atoms with Gasteiger partial charge in [-0.05, 0) is 26.2 Å². The van der Waals surface area contributed by atoms with Crippen LogP contribution in [0.25, 0.3) is 0 Å². The van der Waals surface area contributed by atoms with Gasteiger partial charge in [0.05, 0.1) is 0 Å². The Balaban J connectivity index is 3.26. The molecule has 5 nitrogen and oxygen atoms in total. The van der Waals surface area contributed by atoms with Gasteiger partial charge in [-0.2, -0.15) is 0 Å². The lowest BCUT2D eigenvalue weighted by Gasteiger charge is -2.12. The van der Waals surface area contributed by atoms with Crippen LogP contribution in [-0.4, -0.2) is 36.4 Å². The van der Waals surface area contributed by atoms with E-state index in [9.17, 15) is 4.79 Å². The molecule has 0 aromatic rings. The first-order chi connectivity index (χ1) is 6.52. The van der Waals surface area contributed by atoms with Crippen LogP contribution in [0.15, 0.2) is 0 Å². The van der Waals surface area contributed by atoms with Gasteiger partial charge < -0.3 is 21.3 Å². The monoisotopic (exact) mass is 204 g/mol. The van der Waals surface area contributed by atoms with Crippen molar-refractivity contribution in [3.63, 3.8) is 0 Å². The van der Waals surface area contributed by atoms with Crippen molar-refractivity contribution in [2.75, 3.05) is 13.2 Å². The molecule has 84 valence electrons. The number of carboxylic acids is 1. The second kappa shape index (κ2) is 7.73. The van der Waals surface area contributed by atoms with E-state index >= 15 is 0 Å². The molecule has 0 rings (SSSR count). The molecule has 0 radical (unpaired) electrons. The van der Waals surface area contributed by atoms with Gasteiger partial charge in [0.2, 0.25) is 0 Å². The number of nitrogens with two attached hydrogens (primary N) is 2. The van der Waals surface area contributed by atoms with Crippen LogP contribution >= 0.6 is 0 Å². The molecule has 5 N–H and O–H groups in total. The molecular formula is C9H20N2O3. The van der Waals surface area contributed by atoms with Crippen LogP contribution in [0.5, 0.6) is 0 Å². The summed E-state index contributed by atoms with van der Waals surface area (Å²) < 4.78 is 4.86. The zero-order chi connectivity index (χ0) is 11.0. The Morgan fingerprint density at radius 2 is 2.00 bits per heavy atom. The highest BCUT2D eigenvalue weighted by atomic mass is 16.5. The van der Waals surface area contributed by atoms with E-state index in [1.54, 1.807) is 0 Å². The van der Waals surface area contributed by atoms with Gasteiger partial charge in [-0.3, -0.25) is 0 Å². The summed E-state index contributed by atoms with van der Waals surface area (Å²) in [6, 6.07) is 0.218. The van der Waals surface area contributed by atoms with Crippen molar-refractivity contribution >= 4 is 5.97 Å². The Morgan fingerprint density at radius 1 is 1.36 bits per heavy atom. The van der Waals surface area contributed by atoms with E-state index in [2.05, 4.69) is 0 Å². The summed E-state index contributed by atoms with van der Waals surface area (Å²) in [5.41, 5.74) is 11.3. The number of rotatable bonds is 8. The molecule has 2 atom stereocenters. The van der Waals surface area contributed by atoms with Gasteiger partial charge in [0.15, 0.2) is 0 Å². The molecule has 0 aliphatic heterocycles. The third-order valence-corrected chi connectivity index (χ3v) is 1.85. The number of carboxylic acid groups (broad SMARTS) is 1. The molecule has 0 aliphatic rings. The average molecular weight is 204 g/mol. The van der Waals surface area contributed by atoms with Crippen molar-refractivity contribution in [3.05, 3.63) is 0 Å². The number of ether oxygens (including phenoxy) is 1. The minimum Gasteiger partial charge on any atom is -0.480 e. The highest BCUT2D eigenvalue weighted by molar-refractivity contribution is 5.67. The van der Waals surface area contributed by atoms with Crippen molar-refractivity contribution in [2.24, 2.45) is 11.5 Å². The molecule has 0 saturated carbocycles. The number of carbonyl (C=O) groups is 1. The van der Waals surface area contributed by atoms with E-state index in [1.165, 1.54) is 0 Å². The SMILES string of the molecule is CC(N)CCC(N)CCOCC(=O)O. The molecule has 2 unspecified atom stereocenters. The van der Waals surface area contributed by atoms with Crippen LogP contribution in [0.4, 0.5) is 0 Å². The summed E-state index contributed by atoms with van der Waals surface area (Å²) in [6.07, 6.45) is 2.42. The molecule has 0 fully saturated rings. The fourth-order valence-corrected chi connectivity index (χ4v) is 1.02. The lowest BCUT2D eigenvalue weighted by molar-refractivity contribution is -0.142. The molecule has 0 aromatic heterocycles. The number of hydrogen-bond donors (Lipinski definition) is 3. The first kappa shape index (κ1) is 13.4. The Hall–Kier alpha value is -0.650. The van der Waals surface area contributed by atoms with Crippen molar-refractivity contribution < 1.29 is 14.6 Å². The largest absolute Gasteiger partial charge is 0.480 e. The lowest BCUT2D eigenvalue weighted by atomic mass is 10.1. The summed E-state index contributed by atoms with van der Waals surface area (Å²) in [4.78, 5) is 10.1. The molecule has 5 heteroatoms. The van der Waals surface area contributed by atoms with E-state index in [-0.39, 0.29) is 18.7 Å². The average Bonchev–Trinajstić information content (AvgIpc) is 2.08. The maximum absolute atomic E-state index is 10.1. The van der Waals surface area contributed by atoms with E-state index in [0.717, 1.165) is 12.8 Å². The fourth-order valence-electron chi connectivity index (χ4n) is 1.02. The quantitative estimate of drug-likeness (QED) is 0.481. The normalized spacial score (nSPS) is 15.1. The van der Waals surface area contributed by atoms with Crippen molar-refractivity contribution in [1.29, 1.82) is 0 Å². The van der Waals surface area contributed by atoms with Gasteiger partial charge in [0, 0.05) is 18.7 Å². The Kier molecular flexibility index (Phi) is 7.37. The van der Waals surface area contributed by atoms with Crippen LogP contribution in [0.3, 0.4) is 0 Å². The molecule has 0 spiro atoms. The van der Waals surface area contributed by atoms with Gasteiger partial charge in [-0.1, -0.05) is 0 Å². The summed E-state index contributed by atoms with van der Waals surface area (Å²) in [6.45, 7) is 2.08. The highest BCUT2D eigenvalue weighted by Crippen LogP contribution is 2.01. The van der Waals surface area contributed by atoms with Crippen LogP contribution in [0.1, 0.15) is 26.2 Å². The van der Waals surface area contributed by atoms with E-state index in [4.69, 9.17) is 21.3 Å².